The van der Waals surface area contributed by atoms with Crippen molar-refractivity contribution in [3.8, 4) is 5.75 Å². The number of nitrogens with zero attached hydrogens (tertiary/aromatic N) is 3. The lowest BCUT2D eigenvalue weighted by atomic mass is 10.2. The van der Waals surface area contributed by atoms with Gasteiger partial charge in [0.25, 0.3) is 0 Å². The summed E-state index contributed by atoms with van der Waals surface area (Å²) < 4.78 is 38.2. The van der Waals surface area contributed by atoms with Crippen LogP contribution in [0.4, 0.5) is 0 Å². The fraction of sp³-hybridized carbons (Fsp3) is 0.438. The highest BCUT2D eigenvalue weighted by molar-refractivity contribution is 7.89. The van der Waals surface area contributed by atoms with Crippen LogP contribution in [0, 0.1) is 13.8 Å². The minimum absolute atomic E-state index is 0.00608. The third kappa shape index (κ3) is 3.29. The summed E-state index contributed by atoms with van der Waals surface area (Å²) in [5, 5.41) is 6.23. The largest absolute Gasteiger partial charge is 0.487 e. The highest BCUT2D eigenvalue weighted by Crippen LogP contribution is 2.31. The number of pyridine rings is 1. The molecule has 2 aromatic rings. The second kappa shape index (κ2) is 7.04. The zero-order valence-corrected chi connectivity index (χ0v) is 15.5. The van der Waals surface area contributed by atoms with E-state index in [0.29, 0.717) is 5.75 Å². The number of rotatable bonds is 5. The molecule has 0 aromatic carbocycles. The summed E-state index contributed by atoms with van der Waals surface area (Å²) >= 11 is 0. The number of likely N-dealkylation sites (N-methyl/N-ethyl adjacent to an activating group) is 1. The first-order valence-electron chi connectivity index (χ1n) is 8.07. The SMILES string of the molecule is CNC(=O)[C@@H]1C[C@H](Oc2cccnc2)CN1S(=O)(=O)c1c(C)noc1C. The van der Waals surface area contributed by atoms with Crippen molar-refractivity contribution in [1.29, 1.82) is 0 Å². The van der Waals surface area contributed by atoms with Crippen LogP contribution in [0.15, 0.2) is 33.9 Å². The van der Waals surface area contributed by atoms with Gasteiger partial charge in [-0.2, -0.15) is 4.31 Å². The Morgan fingerprint density at radius 1 is 1.42 bits per heavy atom. The molecule has 1 aliphatic rings. The highest BCUT2D eigenvalue weighted by atomic mass is 32.2. The van der Waals surface area contributed by atoms with E-state index in [1.165, 1.54) is 14.0 Å². The van der Waals surface area contributed by atoms with Crippen molar-refractivity contribution in [2.45, 2.75) is 37.3 Å². The van der Waals surface area contributed by atoms with Crippen LogP contribution in [0.3, 0.4) is 0 Å². The molecule has 10 heteroatoms. The van der Waals surface area contributed by atoms with E-state index in [4.69, 9.17) is 9.26 Å². The second-order valence-electron chi connectivity index (χ2n) is 6.02. The van der Waals surface area contributed by atoms with Crippen LogP contribution in [0.5, 0.6) is 5.75 Å². The van der Waals surface area contributed by atoms with Crippen molar-refractivity contribution in [2.24, 2.45) is 0 Å². The molecule has 1 amide bonds. The van der Waals surface area contributed by atoms with Gasteiger partial charge in [0.1, 0.15) is 28.5 Å². The Hall–Kier alpha value is -2.46. The smallest absolute Gasteiger partial charge is 0.249 e. The minimum atomic E-state index is -3.97. The molecule has 1 saturated heterocycles. The quantitative estimate of drug-likeness (QED) is 0.809. The Morgan fingerprint density at radius 2 is 2.19 bits per heavy atom. The van der Waals surface area contributed by atoms with Crippen LogP contribution in [0.1, 0.15) is 17.9 Å². The van der Waals surface area contributed by atoms with E-state index >= 15 is 0 Å². The van der Waals surface area contributed by atoms with E-state index in [1.54, 1.807) is 31.5 Å². The topological polar surface area (TPSA) is 115 Å². The molecule has 0 bridgehead atoms. The van der Waals surface area contributed by atoms with Gasteiger partial charge in [-0.05, 0) is 26.0 Å². The van der Waals surface area contributed by atoms with Gasteiger partial charge in [0.15, 0.2) is 5.76 Å². The number of hydrogen-bond acceptors (Lipinski definition) is 7. The first-order chi connectivity index (χ1) is 12.3. The van der Waals surface area contributed by atoms with Crippen molar-refractivity contribution in [3.05, 3.63) is 36.0 Å². The number of carbonyl (C=O) groups is 1. The third-order valence-electron chi connectivity index (χ3n) is 4.24. The van der Waals surface area contributed by atoms with Gasteiger partial charge in [0.2, 0.25) is 15.9 Å². The van der Waals surface area contributed by atoms with Crippen LogP contribution in [0.25, 0.3) is 0 Å². The molecule has 2 aromatic heterocycles. The van der Waals surface area contributed by atoms with Gasteiger partial charge in [-0.3, -0.25) is 9.78 Å². The number of amides is 1. The van der Waals surface area contributed by atoms with Crippen LogP contribution >= 0.6 is 0 Å². The van der Waals surface area contributed by atoms with Crippen molar-refractivity contribution in [1.82, 2.24) is 19.8 Å². The lowest BCUT2D eigenvalue weighted by molar-refractivity contribution is -0.123. The number of nitrogens with one attached hydrogen (secondary N) is 1. The zero-order valence-electron chi connectivity index (χ0n) is 14.7. The summed E-state index contributed by atoms with van der Waals surface area (Å²) in [5.74, 6) is 0.317. The van der Waals surface area contributed by atoms with Crippen LogP contribution in [-0.2, 0) is 14.8 Å². The molecule has 1 aliphatic heterocycles. The zero-order chi connectivity index (χ0) is 18.9. The average Bonchev–Trinajstić information content (AvgIpc) is 3.19. The van der Waals surface area contributed by atoms with Crippen LogP contribution in [-0.4, -0.2) is 54.5 Å². The maximum Gasteiger partial charge on any atom is 0.249 e. The number of ether oxygens (including phenoxy) is 1. The van der Waals surface area contributed by atoms with Gasteiger partial charge in [0.05, 0.1) is 12.7 Å². The highest BCUT2D eigenvalue weighted by Gasteiger charge is 2.46. The molecule has 26 heavy (non-hydrogen) atoms. The summed E-state index contributed by atoms with van der Waals surface area (Å²) in [5.41, 5.74) is 0.259. The number of aryl methyl sites for hydroxylation is 2. The van der Waals surface area contributed by atoms with Crippen molar-refractivity contribution >= 4 is 15.9 Å². The Kier molecular flexibility index (Phi) is 4.97. The molecule has 140 valence electrons. The van der Waals surface area contributed by atoms with Crippen molar-refractivity contribution in [3.63, 3.8) is 0 Å². The van der Waals surface area contributed by atoms with E-state index in [9.17, 15) is 13.2 Å². The lowest BCUT2D eigenvalue weighted by Gasteiger charge is -2.22. The normalized spacial score (nSPS) is 20.9. The van der Waals surface area contributed by atoms with Gasteiger partial charge in [-0.25, -0.2) is 8.42 Å². The molecular weight excluding hydrogens is 360 g/mol. The Morgan fingerprint density at radius 3 is 2.77 bits per heavy atom. The van der Waals surface area contributed by atoms with Gasteiger partial charge in [-0.15, -0.1) is 0 Å². The van der Waals surface area contributed by atoms with Crippen LogP contribution < -0.4 is 10.1 Å². The van der Waals surface area contributed by atoms with Gasteiger partial charge in [-0.1, -0.05) is 5.16 Å². The van der Waals surface area contributed by atoms with Crippen LogP contribution in [0.2, 0.25) is 0 Å². The molecule has 2 atom stereocenters. The number of carbonyl (C=O) groups excluding carboxylic acids is 1. The van der Waals surface area contributed by atoms with Gasteiger partial charge < -0.3 is 14.6 Å². The summed E-state index contributed by atoms with van der Waals surface area (Å²) in [7, 11) is -2.49. The Balaban J connectivity index is 1.92. The minimum Gasteiger partial charge on any atom is -0.487 e. The van der Waals surface area contributed by atoms with Gasteiger partial charge in [0, 0.05) is 19.7 Å². The molecular formula is C16H20N4O5S. The fourth-order valence-corrected chi connectivity index (χ4v) is 5.02. The van der Waals surface area contributed by atoms with Crippen molar-refractivity contribution in [2.75, 3.05) is 13.6 Å². The van der Waals surface area contributed by atoms with Crippen molar-refractivity contribution < 1.29 is 22.5 Å². The molecule has 3 heterocycles. The first kappa shape index (κ1) is 18.3. The predicted octanol–water partition coefficient (Wildman–Crippen LogP) is 0.643. The molecule has 9 nitrogen and oxygen atoms in total. The number of sulfonamides is 1. The summed E-state index contributed by atoms with van der Waals surface area (Å²) in [6, 6.07) is 2.58. The Bertz CT molecular complexity index is 877. The van der Waals surface area contributed by atoms with E-state index in [0.717, 1.165) is 4.31 Å². The second-order valence-corrected chi connectivity index (χ2v) is 7.85. The molecule has 0 aliphatic carbocycles. The number of hydrogen-bond donors (Lipinski definition) is 1. The summed E-state index contributed by atoms with van der Waals surface area (Å²) in [6.07, 6.45) is 2.91. The maximum atomic E-state index is 13.1. The average molecular weight is 380 g/mol. The predicted molar refractivity (Wildman–Crippen MR) is 91.0 cm³/mol. The van der Waals surface area contributed by atoms with Gasteiger partial charge >= 0.3 is 0 Å². The first-order valence-corrected chi connectivity index (χ1v) is 9.51. The molecule has 0 radical (unpaired) electrons. The van der Waals surface area contributed by atoms with E-state index in [2.05, 4.69) is 15.5 Å². The molecule has 3 rings (SSSR count). The molecule has 1 fully saturated rings. The molecule has 0 unspecified atom stereocenters. The van der Waals surface area contributed by atoms with E-state index in [-0.39, 0.29) is 29.3 Å². The molecule has 0 spiro atoms. The summed E-state index contributed by atoms with van der Waals surface area (Å²) in [4.78, 5) is 16.3. The summed E-state index contributed by atoms with van der Waals surface area (Å²) in [6.45, 7) is 3.12. The third-order valence-corrected chi connectivity index (χ3v) is 6.36. The molecule has 1 N–H and O–H groups in total. The monoisotopic (exact) mass is 380 g/mol. The molecule has 0 saturated carbocycles. The lowest BCUT2D eigenvalue weighted by Crippen LogP contribution is -2.45. The standard InChI is InChI=1S/C16H20N4O5S/c1-10-15(11(2)25-19-10)26(22,23)20-9-13(7-14(20)16(21)17-3)24-12-5-4-6-18-8-12/h4-6,8,13-14H,7,9H2,1-3H3,(H,17,21)/t13-,14-/m0/s1. The number of aromatic nitrogens is 2. The fourth-order valence-electron chi connectivity index (χ4n) is 3.09. The maximum absolute atomic E-state index is 13.1. The van der Waals surface area contributed by atoms with E-state index in [1.807, 2.05) is 0 Å². The van der Waals surface area contributed by atoms with E-state index < -0.39 is 28.1 Å². The Labute approximate surface area is 151 Å².